The third-order valence-electron chi connectivity index (χ3n) is 3.32. The molecule has 1 saturated carbocycles. The Kier molecular flexibility index (Phi) is 4.55. The zero-order valence-electron chi connectivity index (χ0n) is 10.1. The van der Waals surface area contributed by atoms with Gasteiger partial charge in [-0.05, 0) is 43.9 Å². The average molecular weight is 254 g/mol. The summed E-state index contributed by atoms with van der Waals surface area (Å²) in [5.41, 5.74) is 6.54. The van der Waals surface area contributed by atoms with Crippen LogP contribution in [0.2, 0.25) is 5.02 Å². The Bertz CT molecular complexity index is 359. The Labute approximate surface area is 108 Å². The zero-order valence-corrected chi connectivity index (χ0v) is 10.9. The number of anilines is 1. The molecule has 0 spiro atoms. The van der Waals surface area contributed by atoms with Crippen molar-refractivity contribution in [2.24, 2.45) is 0 Å². The van der Waals surface area contributed by atoms with Gasteiger partial charge in [0.1, 0.15) is 5.75 Å². The molecule has 0 atom stereocenters. The van der Waals surface area contributed by atoms with Gasteiger partial charge in [0, 0.05) is 5.02 Å². The molecule has 0 saturated heterocycles. The van der Waals surface area contributed by atoms with E-state index < -0.39 is 0 Å². The normalized spacial score (nSPS) is 18.4. The maximum absolute atomic E-state index is 5.99. The summed E-state index contributed by atoms with van der Waals surface area (Å²) in [5.74, 6) is 0.778. The first kappa shape index (κ1) is 12.6. The van der Waals surface area contributed by atoms with Crippen LogP contribution in [-0.2, 0) is 0 Å². The molecule has 1 fully saturated rings. The summed E-state index contributed by atoms with van der Waals surface area (Å²) in [7, 11) is 0. The Morgan fingerprint density at radius 3 is 2.35 bits per heavy atom. The van der Waals surface area contributed by atoms with Crippen molar-refractivity contribution in [2.75, 3.05) is 5.73 Å². The average Bonchev–Trinajstić information content (AvgIpc) is 2.25. The Hall–Kier alpha value is -0.890. The van der Waals surface area contributed by atoms with Crippen LogP contribution in [0.3, 0.4) is 0 Å². The van der Waals surface area contributed by atoms with Crippen molar-refractivity contribution in [2.45, 2.75) is 51.0 Å². The summed E-state index contributed by atoms with van der Waals surface area (Å²) in [6.07, 6.45) is 9.15. The third-order valence-corrected chi connectivity index (χ3v) is 3.55. The maximum atomic E-state index is 5.99. The molecule has 3 heteroatoms. The molecule has 2 nitrogen and oxygen atoms in total. The van der Waals surface area contributed by atoms with E-state index in [4.69, 9.17) is 22.1 Å². The first-order chi connectivity index (χ1) is 8.25. The summed E-state index contributed by atoms with van der Waals surface area (Å²) in [4.78, 5) is 0. The van der Waals surface area contributed by atoms with Crippen LogP contribution in [0.5, 0.6) is 5.75 Å². The van der Waals surface area contributed by atoms with E-state index in [2.05, 4.69) is 0 Å². The molecule has 0 radical (unpaired) electrons. The fourth-order valence-electron chi connectivity index (χ4n) is 2.34. The molecule has 2 rings (SSSR count). The first-order valence-electron chi connectivity index (χ1n) is 6.47. The van der Waals surface area contributed by atoms with Crippen LogP contribution < -0.4 is 10.5 Å². The number of nitrogen functional groups attached to an aromatic ring is 1. The minimum Gasteiger partial charge on any atom is -0.488 e. The molecule has 1 aliphatic rings. The van der Waals surface area contributed by atoms with Gasteiger partial charge >= 0.3 is 0 Å². The van der Waals surface area contributed by atoms with Crippen LogP contribution in [0.15, 0.2) is 18.2 Å². The molecular formula is C14H20ClNO. The van der Waals surface area contributed by atoms with Crippen molar-refractivity contribution in [3.8, 4) is 5.75 Å². The van der Waals surface area contributed by atoms with Gasteiger partial charge in [-0.2, -0.15) is 0 Å². The molecular weight excluding hydrogens is 234 g/mol. The van der Waals surface area contributed by atoms with E-state index in [0.717, 1.165) is 18.6 Å². The Balaban J connectivity index is 1.98. The zero-order chi connectivity index (χ0) is 12.1. The number of halogens is 1. The predicted molar refractivity (Wildman–Crippen MR) is 72.6 cm³/mol. The van der Waals surface area contributed by atoms with Crippen molar-refractivity contribution in [3.63, 3.8) is 0 Å². The molecule has 1 aromatic carbocycles. The van der Waals surface area contributed by atoms with Crippen molar-refractivity contribution >= 4 is 17.3 Å². The molecule has 0 bridgehead atoms. The summed E-state index contributed by atoms with van der Waals surface area (Å²) >= 11 is 5.87. The van der Waals surface area contributed by atoms with Gasteiger partial charge in [-0.15, -0.1) is 0 Å². The third kappa shape index (κ3) is 3.81. The number of hydrogen-bond donors (Lipinski definition) is 1. The molecule has 0 heterocycles. The van der Waals surface area contributed by atoms with Gasteiger partial charge in [0.15, 0.2) is 0 Å². The van der Waals surface area contributed by atoms with Gasteiger partial charge in [-0.1, -0.05) is 30.9 Å². The smallest absolute Gasteiger partial charge is 0.142 e. The number of benzene rings is 1. The SMILES string of the molecule is Nc1cc(Cl)ccc1OC1CCCCCCC1. The topological polar surface area (TPSA) is 35.2 Å². The van der Waals surface area contributed by atoms with Gasteiger partial charge in [0.2, 0.25) is 0 Å². The molecule has 0 aliphatic heterocycles. The highest BCUT2D eigenvalue weighted by Crippen LogP contribution is 2.28. The fourth-order valence-corrected chi connectivity index (χ4v) is 2.52. The molecule has 94 valence electrons. The van der Waals surface area contributed by atoms with Crippen molar-refractivity contribution in [1.29, 1.82) is 0 Å². The van der Waals surface area contributed by atoms with Crippen LogP contribution in [0.4, 0.5) is 5.69 Å². The van der Waals surface area contributed by atoms with Crippen LogP contribution in [0.25, 0.3) is 0 Å². The number of nitrogens with two attached hydrogens (primary N) is 1. The fraction of sp³-hybridized carbons (Fsp3) is 0.571. The first-order valence-corrected chi connectivity index (χ1v) is 6.85. The van der Waals surface area contributed by atoms with Crippen LogP contribution in [0, 0.1) is 0 Å². The molecule has 0 unspecified atom stereocenters. The van der Waals surface area contributed by atoms with Crippen LogP contribution in [-0.4, -0.2) is 6.10 Å². The van der Waals surface area contributed by atoms with Crippen molar-refractivity contribution in [3.05, 3.63) is 23.2 Å². The van der Waals surface area contributed by atoms with E-state index in [0.29, 0.717) is 16.8 Å². The van der Waals surface area contributed by atoms with E-state index in [1.165, 1.54) is 32.1 Å². The second-order valence-corrected chi connectivity index (χ2v) is 5.20. The number of rotatable bonds is 2. The van der Waals surface area contributed by atoms with Gasteiger partial charge < -0.3 is 10.5 Å². The second kappa shape index (κ2) is 6.15. The van der Waals surface area contributed by atoms with E-state index >= 15 is 0 Å². The molecule has 0 amide bonds. The summed E-state index contributed by atoms with van der Waals surface area (Å²) in [6, 6.07) is 5.45. The van der Waals surface area contributed by atoms with Gasteiger partial charge in [-0.25, -0.2) is 0 Å². The highest BCUT2D eigenvalue weighted by molar-refractivity contribution is 6.30. The highest BCUT2D eigenvalue weighted by atomic mass is 35.5. The highest BCUT2D eigenvalue weighted by Gasteiger charge is 2.14. The van der Waals surface area contributed by atoms with Crippen LogP contribution >= 0.6 is 11.6 Å². The van der Waals surface area contributed by atoms with Crippen molar-refractivity contribution in [1.82, 2.24) is 0 Å². The van der Waals surface area contributed by atoms with Gasteiger partial charge in [0.25, 0.3) is 0 Å². The second-order valence-electron chi connectivity index (χ2n) is 4.77. The lowest BCUT2D eigenvalue weighted by Crippen LogP contribution is -2.18. The Morgan fingerprint density at radius 1 is 1.06 bits per heavy atom. The molecule has 1 aromatic rings. The molecule has 0 aromatic heterocycles. The van der Waals surface area contributed by atoms with Crippen molar-refractivity contribution < 1.29 is 4.74 Å². The molecule has 17 heavy (non-hydrogen) atoms. The van der Waals surface area contributed by atoms with Crippen LogP contribution in [0.1, 0.15) is 44.9 Å². The summed E-state index contributed by atoms with van der Waals surface area (Å²) < 4.78 is 5.99. The number of ether oxygens (including phenoxy) is 1. The maximum Gasteiger partial charge on any atom is 0.142 e. The van der Waals surface area contributed by atoms with Gasteiger partial charge in [0.05, 0.1) is 11.8 Å². The summed E-state index contributed by atoms with van der Waals surface area (Å²) in [6.45, 7) is 0. The standard InChI is InChI=1S/C14H20ClNO/c15-11-8-9-14(13(16)10-11)17-12-6-4-2-1-3-5-7-12/h8-10,12H,1-7,16H2. The minimum atomic E-state index is 0.318. The lowest BCUT2D eigenvalue weighted by Gasteiger charge is -2.22. The largest absolute Gasteiger partial charge is 0.488 e. The Morgan fingerprint density at radius 2 is 1.71 bits per heavy atom. The number of hydrogen-bond acceptors (Lipinski definition) is 2. The van der Waals surface area contributed by atoms with E-state index in [1.807, 2.05) is 12.1 Å². The lowest BCUT2D eigenvalue weighted by atomic mass is 9.98. The monoisotopic (exact) mass is 253 g/mol. The quantitative estimate of drug-likeness (QED) is 0.792. The van der Waals surface area contributed by atoms with E-state index in [1.54, 1.807) is 6.07 Å². The lowest BCUT2D eigenvalue weighted by molar-refractivity contribution is 0.167. The predicted octanol–water partition coefficient (Wildman–Crippen LogP) is 4.41. The molecule has 2 N–H and O–H groups in total. The molecule has 1 aliphatic carbocycles. The summed E-state index contributed by atoms with van der Waals surface area (Å²) in [5, 5.41) is 0.660. The minimum absolute atomic E-state index is 0.318. The van der Waals surface area contributed by atoms with E-state index in [-0.39, 0.29) is 0 Å². The van der Waals surface area contributed by atoms with Gasteiger partial charge in [-0.3, -0.25) is 0 Å². The van der Waals surface area contributed by atoms with E-state index in [9.17, 15) is 0 Å².